The lowest BCUT2D eigenvalue weighted by atomic mass is 10.4. The van der Waals surface area contributed by atoms with E-state index in [-0.39, 0.29) is 0 Å². The lowest BCUT2D eigenvalue weighted by Gasteiger charge is -1.98. The topological polar surface area (TPSA) is 43.6 Å². The van der Waals surface area contributed by atoms with E-state index in [0.717, 1.165) is 27.6 Å². The Bertz CT molecular complexity index is 455. The molecule has 0 atom stereocenters. The Morgan fingerprint density at radius 3 is 2.93 bits per heavy atom. The molecule has 0 aromatic carbocycles. The summed E-state index contributed by atoms with van der Waals surface area (Å²) in [7, 11) is 0. The van der Waals surface area contributed by atoms with E-state index >= 15 is 0 Å². The molecule has 78 valence electrons. The first kappa shape index (κ1) is 10.8. The van der Waals surface area contributed by atoms with Gasteiger partial charge in [-0.05, 0) is 22.0 Å². The van der Waals surface area contributed by atoms with Crippen LogP contribution >= 0.6 is 31.9 Å². The van der Waals surface area contributed by atoms with Crippen molar-refractivity contribution >= 4 is 31.9 Å². The molecule has 0 unspecified atom stereocenters. The van der Waals surface area contributed by atoms with Crippen LogP contribution in [0.1, 0.15) is 5.69 Å². The second kappa shape index (κ2) is 4.85. The molecule has 6 heteroatoms. The summed E-state index contributed by atoms with van der Waals surface area (Å²) >= 11 is 6.73. The van der Waals surface area contributed by atoms with Gasteiger partial charge in [-0.25, -0.2) is 4.68 Å². The van der Waals surface area contributed by atoms with Gasteiger partial charge in [0.2, 0.25) is 0 Å². The number of alkyl halides is 1. The third-order valence-electron chi connectivity index (χ3n) is 1.85. The Labute approximate surface area is 104 Å². The number of rotatable bonds is 3. The predicted octanol–water partition coefficient (Wildman–Crippen LogP) is 2.36. The van der Waals surface area contributed by atoms with Gasteiger partial charge < -0.3 is 0 Å². The van der Waals surface area contributed by atoms with E-state index in [1.807, 2.05) is 12.3 Å². The number of pyridine rings is 1. The average Bonchev–Trinajstić information content (AvgIpc) is 2.67. The number of aromatic nitrogens is 4. The highest BCUT2D eigenvalue weighted by Gasteiger charge is 2.02. The fourth-order valence-electron chi connectivity index (χ4n) is 1.16. The van der Waals surface area contributed by atoms with Crippen LogP contribution in [0.25, 0.3) is 5.69 Å². The zero-order valence-electron chi connectivity index (χ0n) is 7.77. The van der Waals surface area contributed by atoms with Crippen LogP contribution < -0.4 is 0 Å². The molecule has 0 saturated carbocycles. The summed E-state index contributed by atoms with van der Waals surface area (Å²) in [5, 5.41) is 8.97. The predicted molar refractivity (Wildman–Crippen MR) is 64.4 cm³/mol. The molecule has 2 aromatic rings. The fraction of sp³-hybridized carbons (Fsp3) is 0.222. The Balaban J connectivity index is 2.29. The average molecular weight is 332 g/mol. The van der Waals surface area contributed by atoms with E-state index in [2.05, 4.69) is 47.2 Å². The first-order valence-electron chi connectivity index (χ1n) is 4.37. The molecule has 2 rings (SSSR count). The summed E-state index contributed by atoms with van der Waals surface area (Å²) in [5.74, 6) is 0. The van der Waals surface area contributed by atoms with E-state index < -0.39 is 0 Å². The van der Waals surface area contributed by atoms with Gasteiger partial charge in [0.15, 0.2) is 0 Å². The zero-order chi connectivity index (χ0) is 10.7. The van der Waals surface area contributed by atoms with E-state index in [0.29, 0.717) is 0 Å². The maximum Gasteiger partial charge on any atom is 0.0858 e. The highest BCUT2D eigenvalue weighted by molar-refractivity contribution is 9.10. The van der Waals surface area contributed by atoms with Crippen LogP contribution in [0, 0.1) is 0 Å². The number of hydrogen-bond acceptors (Lipinski definition) is 3. The van der Waals surface area contributed by atoms with Gasteiger partial charge in [-0.1, -0.05) is 21.1 Å². The van der Waals surface area contributed by atoms with Crippen LogP contribution in [0.4, 0.5) is 0 Å². The van der Waals surface area contributed by atoms with Crippen LogP contribution in [0.2, 0.25) is 0 Å². The van der Waals surface area contributed by atoms with Crippen LogP contribution in [0.5, 0.6) is 0 Å². The second-order valence-electron chi connectivity index (χ2n) is 2.95. The smallest absolute Gasteiger partial charge is 0.0858 e. The second-order valence-corrected chi connectivity index (χ2v) is 4.66. The lowest BCUT2D eigenvalue weighted by Crippen LogP contribution is -1.95. The van der Waals surface area contributed by atoms with E-state index in [1.165, 1.54) is 0 Å². The van der Waals surface area contributed by atoms with Crippen LogP contribution in [-0.4, -0.2) is 25.3 Å². The normalized spacial score (nSPS) is 10.5. The van der Waals surface area contributed by atoms with Crippen LogP contribution in [0.15, 0.2) is 29.1 Å². The Morgan fingerprint density at radius 1 is 1.33 bits per heavy atom. The van der Waals surface area contributed by atoms with Gasteiger partial charge >= 0.3 is 0 Å². The number of halogens is 2. The molecule has 2 aromatic heterocycles. The molecule has 0 saturated heterocycles. The quantitative estimate of drug-likeness (QED) is 0.811. The van der Waals surface area contributed by atoms with Gasteiger partial charge in [0, 0.05) is 22.4 Å². The summed E-state index contributed by atoms with van der Waals surface area (Å²) in [5.41, 5.74) is 1.87. The highest BCUT2D eigenvalue weighted by atomic mass is 79.9. The molecule has 0 aliphatic heterocycles. The summed E-state index contributed by atoms with van der Waals surface area (Å²) in [6.07, 6.45) is 6.27. The van der Waals surface area contributed by atoms with Crippen molar-refractivity contribution in [2.24, 2.45) is 0 Å². The monoisotopic (exact) mass is 330 g/mol. The first-order valence-corrected chi connectivity index (χ1v) is 6.29. The van der Waals surface area contributed by atoms with Crippen molar-refractivity contribution in [3.05, 3.63) is 34.8 Å². The third-order valence-corrected chi connectivity index (χ3v) is 2.68. The molecule has 0 fully saturated rings. The number of nitrogens with zero attached hydrogens (tertiary/aromatic N) is 4. The Kier molecular flexibility index (Phi) is 3.48. The van der Waals surface area contributed by atoms with Gasteiger partial charge in [-0.3, -0.25) is 4.98 Å². The summed E-state index contributed by atoms with van der Waals surface area (Å²) in [4.78, 5) is 4.07. The van der Waals surface area contributed by atoms with E-state index in [1.54, 1.807) is 17.1 Å². The van der Waals surface area contributed by atoms with Crippen LogP contribution in [-0.2, 0) is 6.42 Å². The molecule has 2 heterocycles. The zero-order valence-corrected chi connectivity index (χ0v) is 10.9. The molecule has 0 aliphatic rings. The molecular formula is C9H8Br2N4. The minimum atomic E-state index is 0.876. The Morgan fingerprint density at radius 2 is 2.20 bits per heavy atom. The molecular weight excluding hydrogens is 324 g/mol. The van der Waals surface area contributed by atoms with Crippen molar-refractivity contribution in [2.45, 2.75) is 6.42 Å². The van der Waals surface area contributed by atoms with Gasteiger partial charge in [-0.2, -0.15) is 0 Å². The summed E-state index contributed by atoms with van der Waals surface area (Å²) in [6, 6.07) is 1.94. The van der Waals surface area contributed by atoms with E-state index in [4.69, 9.17) is 0 Å². The molecule has 0 aliphatic carbocycles. The standard InChI is InChI=1S/C9H8Br2N4/c10-2-1-8-6-15(14-13-8)9-3-7(11)4-12-5-9/h3-6H,1-2H2. The van der Waals surface area contributed by atoms with Crippen LogP contribution in [0.3, 0.4) is 0 Å². The van der Waals surface area contributed by atoms with Gasteiger partial charge in [0.05, 0.1) is 23.8 Å². The number of hydrogen-bond donors (Lipinski definition) is 0. The molecule has 15 heavy (non-hydrogen) atoms. The molecule has 0 spiro atoms. The van der Waals surface area contributed by atoms with Crippen molar-refractivity contribution < 1.29 is 0 Å². The third kappa shape index (κ3) is 2.63. The van der Waals surface area contributed by atoms with Gasteiger partial charge in [0.1, 0.15) is 0 Å². The molecule has 0 bridgehead atoms. The van der Waals surface area contributed by atoms with Crippen molar-refractivity contribution in [1.29, 1.82) is 0 Å². The lowest BCUT2D eigenvalue weighted by molar-refractivity contribution is 0.794. The number of aryl methyl sites for hydroxylation is 1. The molecule has 0 amide bonds. The minimum absolute atomic E-state index is 0.876. The maximum absolute atomic E-state index is 4.07. The summed E-state index contributed by atoms with van der Waals surface area (Å²) < 4.78 is 2.65. The fourth-order valence-corrected chi connectivity index (χ4v) is 1.92. The Hall–Kier alpha value is -0.750. The first-order chi connectivity index (χ1) is 7.29. The van der Waals surface area contributed by atoms with Crippen molar-refractivity contribution in [2.75, 3.05) is 5.33 Å². The maximum atomic E-state index is 4.07. The largest absolute Gasteiger partial charge is 0.261 e. The molecule has 0 radical (unpaired) electrons. The van der Waals surface area contributed by atoms with Crippen molar-refractivity contribution in [3.8, 4) is 5.69 Å². The highest BCUT2D eigenvalue weighted by Crippen LogP contribution is 2.12. The SMILES string of the molecule is BrCCc1cn(-c2cncc(Br)c2)nn1. The van der Waals surface area contributed by atoms with Gasteiger partial charge in [0.25, 0.3) is 0 Å². The van der Waals surface area contributed by atoms with E-state index in [9.17, 15) is 0 Å². The molecule has 0 N–H and O–H groups in total. The van der Waals surface area contributed by atoms with Gasteiger partial charge in [-0.15, -0.1) is 5.10 Å². The minimum Gasteiger partial charge on any atom is -0.261 e. The van der Waals surface area contributed by atoms with Crippen molar-refractivity contribution in [1.82, 2.24) is 20.0 Å². The molecule has 4 nitrogen and oxygen atoms in total. The summed E-state index contributed by atoms with van der Waals surface area (Å²) in [6.45, 7) is 0. The van der Waals surface area contributed by atoms with Crippen molar-refractivity contribution in [3.63, 3.8) is 0 Å².